The fourth-order valence-electron chi connectivity index (χ4n) is 5.64. The number of aliphatic hydroxyl groups is 1. The van der Waals surface area contributed by atoms with Crippen LogP contribution >= 0.6 is 0 Å². The first kappa shape index (κ1) is 25.3. The van der Waals surface area contributed by atoms with Crippen LogP contribution in [0.25, 0.3) is 11.1 Å². The third-order valence-corrected chi connectivity index (χ3v) is 7.67. The monoisotopic (exact) mass is 494 g/mol. The SMILES string of the molecule is CN1CCN(C(=O)C[C@H]2CC[C@@H]3[C@H](COC[C@@H](O)CN3Cc3cccc(-c4ccncc4)c3)O2)CC1. The van der Waals surface area contributed by atoms with Crippen molar-refractivity contribution < 1.29 is 19.4 Å². The highest BCUT2D eigenvalue weighted by atomic mass is 16.5. The van der Waals surface area contributed by atoms with E-state index in [9.17, 15) is 9.90 Å². The van der Waals surface area contributed by atoms with Crippen LogP contribution in [0.3, 0.4) is 0 Å². The van der Waals surface area contributed by atoms with Crippen molar-refractivity contribution in [2.45, 2.75) is 50.2 Å². The van der Waals surface area contributed by atoms with E-state index in [2.05, 4.69) is 46.1 Å². The number of likely N-dealkylation sites (N-methyl/N-ethyl adjacent to an activating group) is 1. The van der Waals surface area contributed by atoms with Crippen LogP contribution in [0.4, 0.5) is 0 Å². The summed E-state index contributed by atoms with van der Waals surface area (Å²) >= 11 is 0. The minimum Gasteiger partial charge on any atom is -0.389 e. The molecule has 1 aromatic carbocycles. The van der Waals surface area contributed by atoms with Gasteiger partial charge in [0.1, 0.15) is 0 Å². The molecule has 4 atom stereocenters. The Balaban J connectivity index is 1.25. The van der Waals surface area contributed by atoms with Crippen LogP contribution in [0.2, 0.25) is 0 Å². The summed E-state index contributed by atoms with van der Waals surface area (Å²) in [7, 11) is 2.10. The van der Waals surface area contributed by atoms with Gasteiger partial charge in [0.05, 0.1) is 37.9 Å². The third-order valence-electron chi connectivity index (χ3n) is 7.67. The normalized spacial score (nSPS) is 28.2. The second kappa shape index (κ2) is 11.8. The molecule has 3 saturated heterocycles. The van der Waals surface area contributed by atoms with Gasteiger partial charge in [-0.25, -0.2) is 0 Å². The Hall–Kier alpha value is -2.36. The van der Waals surface area contributed by atoms with Crippen molar-refractivity contribution in [3.8, 4) is 11.1 Å². The standard InChI is InChI=1S/C28H38N4O4/c1-30-11-13-31(14-12-30)28(34)16-25-5-6-26-27(36-25)20-35-19-24(33)18-32(26)17-21-3-2-4-23(15-21)22-7-9-29-10-8-22/h2-4,7-10,15,24-27,33H,5-6,11-14,16-20H2,1H3/t24-,25+,26+,27-/m0/s1. The maximum absolute atomic E-state index is 12.9. The van der Waals surface area contributed by atoms with Crippen LogP contribution in [-0.4, -0.2) is 108 Å². The molecule has 194 valence electrons. The summed E-state index contributed by atoms with van der Waals surface area (Å²) < 4.78 is 12.3. The molecule has 8 nitrogen and oxygen atoms in total. The van der Waals surface area contributed by atoms with E-state index < -0.39 is 6.10 Å². The lowest BCUT2D eigenvalue weighted by Gasteiger charge is -2.45. The molecule has 1 amide bonds. The number of piperazine rings is 1. The topological polar surface area (TPSA) is 78.4 Å². The Morgan fingerprint density at radius 2 is 1.86 bits per heavy atom. The smallest absolute Gasteiger partial charge is 0.225 e. The van der Waals surface area contributed by atoms with E-state index in [-0.39, 0.29) is 24.2 Å². The lowest BCUT2D eigenvalue weighted by molar-refractivity contribution is -0.161. The fraction of sp³-hybridized carbons (Fsp3) is 0.571. The number of ether oxygens (including phenoxy) is 2. The van der Waals surface area contributed by atoms with Gasteiger partial charge in [-0.15, -0.1) is 0 Å². The second-order valence-corrected chi connectivity index (χ2v) is 10.4. The van der Waals surface area contributed by atoms with Gasteiger partial charge >= 0.3 is 0 Å². The van der Waals surface area contributed by atoms with Crippen molar-refractivity contribution >= 4 is 5.91 Å². The van der Waals surface area contributed by atoms with Gasteiger partial charge in [0, 0.05) is 57.7 Å². The van der Waals surface area contributed by atoms with E-state index in [1.807, 2.05) is 29.4 Å². The quantitative estimate of drug-likeness (QED) is 0.681. The number of benzene rings is 1. The van der Waals surface area contributed by atoms with Gasteiger partial charge in [0.2, 0.25) is 5.91 Å². The highest BCUT2D eigenvalue weighted by molar-refractivity contribution is 5.76. The third kappa shape index (κ3) is 6.30. The lowest BCUT2D eigenvalue weighted by Crippen LogP contribution is -2.55. The van der Waals surface area contributed by atoms with Crippen LogP contribution < -0.4 is 0 Å². The van der Waals surface area contributed by atoms with E-state index in [4.69, 9.17) is 9.47 Å². The molecule has 3 fully saturated rings. The number of aromatic nitrogens is 1. The maximum atomic E-state index is 12.9. The van der Waals surface area contributed by atoms with E-state index in [1.54, 1.807) is 0 Å². The number of hydrogen-bond donors (Lipinski definition) is 1. The maximum Gasteiger partial charge on any atom is 0.225 e. The predicted octanol–water partition coefficient (Wildman–Crippen LogP) is 2.02. The molecule has 2 aromatic rings. The summed E-state index contributed by atoms with van der Waals surface area (Å²) in [6.45, 7) is 5.44. The first-order valence-electron chi connectivity index (χ1n) is 13.2. The van der Waals surface area contributed by atoms with E-state index in [0.717, 1.165) is 56.7 Å². The molecule has 36 heavy (non-hydrogen) atoms. The van der Waals surface area contributed by atoms with Gasteiger partial charge in [-0.2, -0.15) is 0 Å². The van der Waals surface area contributed by atoms with Crippen molar-refractivity contribution in [2.24, 2.45) is 0 Å². The number of nitrogens with zero attached hydrogens (tertiary/aromatic N) is 4. The number of aliphatic hydroxyl groups excluding tert-OH is 1. The van der Waals surface area contributed by atoms with E-state index in [0.29, 0.717) is 26.2 Å². The first-order chi connectivity index (χ1) is 17.5. The Kier molecular flexibility index (Phi) is 8.29. The largest absolute Gasteiger partial charge is 0.389 e. The average molecular weight is 495 g/mol. The Labute approximate surface area is 213 Å². The fourth-order valence-corrected chi connectivity index (χ4v) is 5.64. The van der Waals surface area contributed by atoms with Gasteiger partial charge in [-0.3, -0.25) is 14.7 Å². The number of fused-ring (bicyclic) bond motifs is 1. The molecule has 0 spiro atoms. The summed E-state index contributed by atoms with van der Waals surface area (Å²) in [6.07, 6.45) is 5.09. The van der Waals surface area contributed by atoms with Crippen molar-refractivity contribution in [3.05, 3.63) is 54.4 Å². The molecule has 0 saturated carbocycles. The zero-order valence-corrected chi connectivity index (χ0v) is 21.2. The van der Waals surface area contributed by atoms with E-state index in [1.165, 1.54) is 5.56 Å². The number of carbonyl (C=O) groups is 1. The highest BCUT2D eigenvalue weighted by Gasteiger charge is 2.38. The Morgan fingerprint density at radius 3 is 2.67 bits per heavy atom. The molecule has 0 bridgehead atoms. The van der Waals surface area contributed by atoms with Crippen molar-refractivity contribution in [1.29, 1.82) is 0 Å². The van der Waals surface area contributed by atoms with Gasteiger partial charge in [0.25, 0.3) is 0 Å². The Morgan fingerprint density at radius 1 is 1.06 bits per heavy atom. The molecule has 3 aliphatic heterocycles. The van der Waals surface area contributed by atoms with Crippen molar-refractivity contribution in [2.75, 3.05) is 53.0 Å². The average Bonchev–Trinajstić information content (AvgIpc) is 2.89. The van der Waals surface area contributed by atoms with Crippen LogP contribution in [0.15, 0.2) is 48.8 Å². The second-order valence-electron chi connectivity index (χ2n) is 10.4. The molecule has 3 aliphatic rings. The highest BCUT2D eigenvalue weighted by Crippen LogP contribution is 2.30. The zero-order chi connectivity index (χ0) is 24.9. The summed E-state index contributed by atoms with van der Waals surface area (Å²) in [6, 6.07) is 12.7. The minimum atomic E-state index is -0.536. The van der Waals surface area contributed by atoms with Gasteiger partial charge in [0.15, 0.2) is 0 Å². The minimum absolute atomic E-state index is 0.0803. The molecule has 0 unspecified atom stereocenters. The summed E-state index contributed by atoms with van der Waals surface area (Å²) in [5.74, 6) is 0.193. The van der Waals surface area contributed by atoms with Gasteiger partial charge in [-0.05, 0) is 54.8 Å². The summed E-state index contributed by atoms with van der Waals surface area (Å²) in [5.41, 5.74) is 3.49. The van der Waals surface area contributed by atoms with Crippen LogP contribution in [0.1, 0.15) is 24.8 Å². The summed E-state index contributed by atoms with van der Waals surface area (Å²) in [5, 5.41) is 10.6. The molecule has 4 heterocycles. The Bertz CT molecular complexity index is 998. The number of hydrogen-bond acceptors (Lipinski definition) is 7. The molecule has 1 N–H and O–H groups in total. The first-order valence-corrected chi connectivity index (χ1v) is 13.2. The van der Waals surface area contributed by atoms with Crippen LogP contribution in [0.5, 0.6) is 0 Å². The number of carbonyl (C=O) groups excluding carboxylic acids is 1. The number of rotatable bonds is 5. The van der Waals surface area contributed by atoms with Crippen molar-refractivity contribution in [1.82, 2.24) is 19.7 Å². The number of pyridine rings is 1. The van der Waals surface area contributed by atoms with Crippen LogP contribution in [-0.2, 0) is 20.8 Å². The lowest BCUT2D eigenvalue weighted by atomic mass is 9.94. The summed E-state index contributed by atoms with van der Waals surface area (Å²) in [4.78, 5) is 23.6. The number of amides is 1. The molecule has 0 radical (unpaired) electrons. The van der Waals surface area contributed by atoms with Gasteiger partial charge in [-0.1, -0.05) is 18.2 Å². The molecule has 1 aromatic heterocycles. The molecule has 5 rings (SSSR count). The van der Waals surface area contributed by atoms with E-state index >= 15 is 0 Å². The molecular formula is C28H38N4O4. The predicted molar refractivity (Wildman–Crippen MR) is 137 cm³/mol. The molecular weight excluding hydrogens is 456 g/mol. The molecule has 8 heteroatoms. The van der Waals surface area contributed by atoms with Crippen LogP contribution in [0, 0.1) is 0 Å². The zero-order valence-electron chi connectivity index (χ0n) is 21.2. The number of β-amino-alcohol motifs (C(OH)–C–C–N with tert-alkyl or cyclic N) is 1. The molecule has 0 aliphatic carbocycles. The van der Waals surface area contributed by atoms with Gasteiger partial charge < -0.3 is 24.4 Å². The van der Waals surface area contributed by atoms with Crippen molar-refractivity contribution in [3.63, 3.8) is 0 Å².